The number of sulfonamides is 1. The minimum atomic E-state index is -3.67. The maximum atomic E-state index is 13.0. The Balaban J connectivity index is 1.54. The van der Waals surface area contributed by atoms with E-state index < -0.39 is 10.0 Å². The van der Waals surface area contributed by atoms with Gasteiger partial charge in [-0.05, 0) is 62.6 Å². The molecule has 0 spiro atoms. The van der Waals surface area contributed by atoms with Crippen LogP contribution in [0, 0.1) is 20.8 Å². The van der Waals surface area contributed by atoms with Crippen molar-refractivity contribution < 1.29 is 13.2 Å². The maximum absolute atomic E-state index is 13.0. The van der Waals surface area contributed by atoms with Crippen LogP contribution < -0.4 is 9.62 Å². The topological polar surface area (TPSA) is 69.7 Å². The van der Waals surface area contributed by atoms with E-state index in [1.165, 1.54) is 19.3 Å². The Bertz CT molecular complexity index is 1050. The van der Waals surface area contributed by atoms with E-state index in [1.807, 2.05) is 49.9 Å². The Kier molecular flexibility index (Phi) is 9.00. The van der Waals surface area contributed by atoms with E-state index in [0.717, 1.165) is 61.4 Å². The summed E-state index contributed by atoms with van der Waals surface area (Å²) in [4.78, 5) is 17.0. The van der Waals surface area contributed by atoms with Crippen molar-refractivity contribution in [3.05, 3.63) is 53.1 Å². The highest BCUT2D eigenvalue weighted by molar-refractivity contribution is 7.92. The first-order chi connectivity index (χ1) is 16.2. The second kappa shape index (κ2) is 11.7. The summed E-state index contributed by atoms with van der Waals surface area (Å²) >= 11 is 0. The van der Waals surface area contributed by atoms with E-state index >= 15 is 0 Å². The Morgan fingerprint density at radius 1 is 0.882 bits per heavy atom. The van der Waals surface area contributed by atoms with E-state index in [0.29, 0.717) is 17.0 Å². The quantitative estimate of drug-likeness (QED) is 0.456. The molecule has 0 atom stereocenters. The second-order valence-corrected chi connectivity index (χ2v) is 11.0. The highest BCUT2D eigenvalue weighted by atomic mass is 32.2. The predicted octanol–water partition coefficient (Wildman–Crippen LogP) is 5.42. The van der Waals surface area contributed by atoms with Crippen molar-refractivity contribution in [3.63, 3.8) is 0 Å². The fourth-order valence-corrected chi connectivity index (χ4v) is 6.30. The lowest BCUT2D eigenvalue weighted by Crippen LogP contribution is -2.48. The van der Waals surface area contributed by atoms with Crippen molar-refractivity contribution in [1.82, 2.24) is 4.90 Å². The molecule has 0 aliphatic carbocycles. The predicted molar refractivity (Wildman–Crippen MR) is 140 cm³/mol. The number of unbranched alkanes of at least 4 members (excludes halogenated alkanes) is 4. The normalized spacial score (nSPS) is 14.4. The molecule has 1 heterocycles. The molecule has 34 heavy (non-hydrogen) atoms. The molecule has 1 amide bonds. The Morgan fingerprint density at radius 2 is 1.47 bits per heavy atom. The zero-order valence-electron chi connectivity index (χ0n) is 21.1. The molecule has 1 fully saturated rings. The Labute approximate surface area is 205 Å². The molecule has 1 saturated heterocycles. The lowest BCUT2D eigenvalue weighted by Gasteiger charge is -2.36. The SMILES string of the molecule is CCCCCCCC(=O)N1CCN(c2ccc(NS(=O)(=O)c3c(C)cc(C)cc3C)cc2)CC1. The van der Waals surface area contributed by atoms with Crippen LogP contribution in [0.15, 0.2) is 41.3 Å². The van der Waals surface area contributed by atoms with Crippen molar-refractivity contribution in [2.45, 2.75) is 71.1 Å². The van der Waals surface area contributed by atoms with Gasteiger partial charge in [0.15, 0.2) is 0 Å². The molecular weight excluding hydrogens is 446 g/mol. The minimum absolute atomic E-state index is 0.266. The van der Waals surface area contributed by atoms with Crippen LogP contribution in [0.5, 0.6) is 0 Å². The van der Waals surface area contributed by atoms with Gasteiger partial charge in [0.05, 0.1) is 4.90 Å². The minimum Gasteiger partial charge on any atom is -0.368 e. The van der Waals surface area contributed by atoms with E-state index in [2.05, 4.69) is 16.5 Å². The monoisotopic (exact) mass is 485 g/mol. The number of amides is 1. The van der Waals surface area contributed by atoms with Gasteiger partial charge < -0.3 is 9.80 Å². The summed E-state index contributed by atoms with van der Waals surface area (Å²) in [5, 5.41) is 0. The largest absolute Gasteiger partial charge is 0.368 e. The van der Waals surface area contributed by atoms with Gasteiger partial charge in [-0.3, -0.25) is 9.52 Å². The summed E-state index contributed by atoms with van der Waals surface area (Å²) in [7, 11) is -3.67. The van der Waals surface area contributed by atoms with Crippen LogP contribution in [0.2, 0.25) is 0 Å². The van der Waals surface area contributed by atoms with E-state index in [-0.39, 0.29) is 5.91 Å². The van der Waals surface area contributed by atoms with E-state index in [1.54, 1.807) is 12.1 Å². The highest BCUT2D eigenvalue weighted by Gasteiger charge is 2.22. The molecule has 1 N–H and O–H groups in total. The number of nitrogens with one attached hydrogen (secondary N) is 1. The summed E-state index contributed by atoms with van der Waals surface area (Å²) in [6.07, 6.45) is 6.45. The number of carbonyl (C=O) groups is 1. The molecule has 1 aliphatic rings. The number of hydrogen-bond acceptors (Lipinski definition) is 4. The van der Waals surface area contributed by atoms with E-state index in [9.17, 15) is 13.2 Å². The zero-order valence-corrected chi connectivity index (χ0v) is 21.9. The van der Waals surface area contributed by atoms with Crippen molar-refractivity contribution in [2.24, 2.45) is 0 Å². The Hall–Kier alpha value is -2.54. The summed E-state index contributed by atoms with van der Waals surface area (Å²) in [6.45, 7) is 10.9. The van der Waals surface area contributed by atoms with E-state index in [4.69, 9.17) is 0 Å². The third-order valence-corrected chi connectivity index (χ3v) is 8.17. The molecule has 7 heteroatoms. The van der Waals surface area contributed by atoms with Crippen LogP contribution in [-0.2, 0) is 14.8 Å². The van der Waals surface area contributed by atoms with Gasteiger partial charge in [0.25, 0.3) is 10.0 Å². The number of carbonyl (C=O) groups excluding carboxylic acids is 1. The van der Waals surface area contributed by atoms with Crippen LogP contribution in [0.4, 0.5) is 11.4 Å². The summed E-state index contributed by atoms with van der Waals surface area (Å²) in [5.74, 6) is 0.266. The third-order valence-electron chi connectivity index (χ3n) is 6.48. The zero-order chi connectivity index (χ0) is 24.7. The molecule has 0 aromatic heterocycles. The maximum Gasteiger partial charge on any atom is 0.262 e. The van der Waals surface area contributed by atoms with Gasteiger partial charge in [-0.1, -0.05) is 50.3 Å². The number of nitrogens with zero attached hydrogens (tertiary/aromatic N) is 2. The fourth-order valence-electron chi connectivity index (χ4n) is 4.79. The van der Waals surface area contributed by atoms with Gasteiger partial charge in [0, 0.05) is 44.0 Å². The summed E-state index contributed by atoms with van der Waals surface area (Å²) < 4.78 is 28.7. The molecule has 2 aromatic carbocycles. The first kappa shape index (κ1) is 26.1. The van der Waals surface area contributed by atoms with Crippen molar-refractivity contribution in [1.29, 1.82) is 0 Å². The number of hydrogen-bond donors (Lipinski definition) is 1. The smallest absolute Gasteiger partial charge is 0.262 e. The number of benzene rings is 2. The molecule has 0 radical (unpaired) electrons. The molecule has 0 bridgehead atoms. The van der Waals surface area contributed by atoms with Gasteiger partial charge in [0.2, 0.25) is 5.91 Å². The van der Waals surface area contributed by atoms with Gasteiger partial charge in [-0.15, -0.1) is 0 Å². The fraction of sp³-hybridized carbons (Fsp3) is 0.519. The van der Waals surface area contributed by atoms with Gasteiger partial charge in [-0.2, -0.15) is 0 Å². The average molecular weight is 486 g/mol. The lowest BCUT2D eigenvalue weighted by atomic mass is 10.1. The Morgan fingerprint density at radius 3 is 2.06 bits per heavy atom. The van der Waals surface area contributed by atoms with Crippen LogP contribution in [0.25, 0.3) is 0 Å². The van der Waals surface area contributed by atoms with Crippen LogP contribution in [-0.4, -0.2) is 45.4 Å². The van der Waals surface area contributed by atoms with Gasteiger partial charge in [0.1, 0.15) is 0 Å². The van der Waals surface area contributed by atoms with Gasteiger partial charge in [-0.25, -0.2) is 8.42 Å². The number of anilines is 2. The molecule has 2 aromatic rings. The van der Waals surface area contributed by atoms with Gasteiger partial charge >= 0.3 is 0 Å². The van der Waals surface area contributed by atoms with Crippen molar-refractivity contribution >= 4 is 27.3 Å². The van der Waals surface area contributed by atoms with Crippen molar-refractivity contribution in [2.75, 3.05) is 35.8 Å². The standard InChI is InChI=1S/C27H39N3O3S/c1-5-6-7-8-9-10-26(31)30-17-15-29(16-18-30)25-13-11-24(12-14-25)28-34(32,33)27-22(3)19-21(2)20-23(27)4/h11-14,19-20,28H,5-10,15-18H2,1-4H3. The molecular formula is C27H39N3O3S. The number of piperazine rings is 1. The van der Waals surface area contributed by atoms with Crippen LogP contribution >= 0.6 is 0 Å². The molecule has 3 rings (SSSR count). The summed E-state index contributed by atoms with van der Waals surface area (Å²) in [6, 6.07) is 11.3. The first-order valence-electron chi connectivity index (χ1n) is 12.4. The molecule has 0 unspecified atom stereocenters. The molecule has 186 valence electrons. The highest BCUT2D eigenvalue weighted by Crippen LogP contribution is 2.26. The van der Waals surface area contributed by atoms with Crippen LogP contribution in [0.1, 0.15) is 62.1 Å². The first-order valence-corrected chi connectivity index (χ1v) is 13.9. The molecule has 1 aliphatic heterocycles. The lowest BCUT2D eigenvalue weighted by molar-refractivity contribution is -0.131. The molecule has 0 saturated carbocycles. The second-order valence-electron chi connectivity index (χ2n) is 9.41. The number of rotatable bonds is 10. The third kappa shape index (κ3) is 6.75. The average Bonchev–Trinajstić information content (AvgIpc) is 2.78. The molecule has 6 nitrogen and oxygen atoms in total. The number of aryl methyl sites for hydroxylation is 3. The van der Waals surface area contributed by atoms with Crippen LogP contribution in [0.3, 0.4) is 0 Å². The van der Waals surface area contributed by atoms with Crippen molar-refractivity contribution in [3.8, 4) is 0 Å². The summed E-state index contributed by atoms with van der Waals surface area (Å²) in [5.41, 5.74) is 4.12.